The van der Waals surface area contributed by atoms with Crippen LogP contribution in [0.2, 0.25) is 0 Å². The largest absolute Gasteiger partial charge is 0.441 e. The third-order valence-electron chi connectivity index (χ3n) is 2.46. The zero-order chi connectivity index (χ0) is 15.9. The summed E-state index contributed by atoms with van der Waals surface area (Å²) in [5.41, 5.74) is -2.52. The van der Waals surface area contributed by atoms with E-state index in [2.05, 4.69) is 17.2 Å². The summed E-state index contributed by atoms with van der Waals surface area (Å²) in [6, 6.07) is 4.82. The van der Waals surface area contributed by atoms with Crippen LogP contribution in [0.5, 0.6) is 0 Å². The minimum atomic E-state index is -4.29. The van der Waals surface area contributed by atoms with Crippen LogP contribution >= 0.6 is 11.8 Å². The van der Waals surface area contributed by atoms with E-state index in [9.17, 15) is 18.0 Å². The molecule has 0 atom stereocenters. The van der Waals surface area contributed by atoms with Gasteiger partial charge in [0.1, 0.15) is 6.61 Å². The lowest BCUT2D eigenvalue weighted by molar-refractivity contribution is -0.0327. The van der Waals surface area contributed by atoms with Crippen molar-refractivity contribution in [3.05, 3.63) is 34.9 Å². The van der Waals surface area contributed by atoms with Crippen molar-refractivity contribution in [2.24, 2.45) is 0 Å². The van der Waals surface area contributed by atoms with Gasteiger partial charge in [-0.1, -0.05) is 17.9 Å². The van der Waals surface area contributed by atoms with Crippen LogP contribution in [0.25, 0.3) is 0 Å². The fourth-order valence-corrected chi connectivity index (χ4v) is 1.90. The molecule has 0 heterocycles. The predicted molar refractivity (Wildman–Crippen MR) is 76.0 cm³/mol. The maximum absolute atomic E-state index is 11.9. The molecule has 114 valence electrons. The number of rotatable bonds is 4. The molecule has 0 saturated heterocycles. The molecule has 1 aromatic rings. The molecule has 2 N–H and O–H groups in total. The first-order valence-electron chi connectivity index (χ1n) is 6.03. The van der Waals surface area contributed by atoms with E-state index in [-0.39, 0.29) is 30.7 Å². The van der Waals surface area contributed by atoms with Crippen molar-refractivity contribution in [3.63, 3.8) is 0 Å². The Morgan fingerprint density at radius 1 is 1.43 bits per heavy atom. The average molecular weight is 317 g/mol. The Balaban J connectivity index is 2.62. The highest BCUT2D eigenvalue weighted by atomic mass is 32.2. The van der Waals surface area contributed by atoms with Crippen LogP contribution in [-0.4, -0.2) is 35.4 Å². The molecule has 0 aliphatic rings. The first-order valence-corrected chi connectivity index (χ1v) is 7.01. The lowest BCUT2D eigenvalue weighted by Crippen LogP contribution is -2.26. The number of hydrogen-bond acceptors (Lipinski definition) is 3. The maximum Gasteiger partial charge on any atom is 0.441 e. The summed E-state index contributed by atoms with van der Waals surface area (Å²) in [7, 11) is 0. The van der Waals surface area contributed by atoms with Crippen molar-refractivity contribution in [1.82, 2.24) is 5.32 Å². The van der Waals surface area contributed by atoms with E-state index < -0.39 is 11.4 Å². The average Bonchev–Trinajstić information content (AvgIpc) is 2.41. The quantitative estimate of drug-likeness (QED) is 0.662. The van der Waals surface area contributed by atoms with E-state index >= 15 is 0 Å². The molecule has 0 saturated carbocycles. The van der Waals surface area contributed by atoms with Gasteiger partial charge in [0.05, 0.1) is 0 Å². The van der Waals surface area contributed by atoms with E-state index in [4.69, 9.17) is 5.11 Å². The molecule has 0 radical (unpaired) electrons. The zero-order valence-electron chi connectivity index (χ0n) is 11.3. The van der Waals surface area contributed by atoms with Crippen molar-refractivity contribution in [1.29, 1.82) is 0 Å². The van der Waals surface area contributed by atoms with Gasteiger partial charge < -0.3 is 10.4 Å². The molecule has 0 unspecified atom stereocenters. The van der Waals surface area contributed by atoms with E-state index in [0.717, 1.165) is 5.56 Å². The minimum absolute atomic E-state index is 0.0749. The zero-order valence-corrected chi connectivity index (χ0v) is 12.1. The highest BCUT2D eigenvalue weighted by Crippen LogP contribution is 2.29. The van der Waals surface area contributed by atoms with Crippen molar-refractivity contribution in [3.8, 4) is 11.8 Å². The fourth-order valence-electron chi connectivity index (χ4n) is 1.47. The van der Waals surface area contributed by atoms with Crippen LogP contribution in [0.15, 0.2) is 18.2 Å². The van der Waals surface area contributed by atoms with Crippen LogP contribution in [0.3, 0.4) is 0 Å². The summed E-state index contributed by atoms with van der Waals surface area (Å²) < 4.78 is 35.8. The molecule has 21 heavy (non-hydrogen) atoms. The Hall–Kier alpha value is -1.65. The smallest absolute Gasteiger partial charge is 0.384 e. The maximum atomic E-state index is 11.9. The van der Waals surface area contributed by atoms with Gasteiger partial charge in [-0.05, 0) is 36.4 Å². The second-order valence-electron chi connectivity index (χ2n) is 4.04. The SMILES string of the molecule is Cc1ccc(C(=O)NCCSC(F)(F)F)cc1C#CCO. The number of alkyl halides is 3. The van der Waals surface area contributed by atoms with Crippen LogP contribution in [0.1, 0.15) is 21.5 Å². The summed E-state index contributed by atoms with van der Waals surface area (Å²) in [6.07, 6.45) is 0. The van der Waals surface area contributed by atoms with Gasteiger partial charge in [0.15, 0.2) is 0 Å². The van der Waals surface area contributed by atoms with Gasteiger partial charge in [0, 0.05) is 23.4 Å². The van der Waals surface area contributed by atoms with Crippen molar-refractivity contribution in [2.45, 2.75) is 12.4 Å². The second kappa shape index (κ2) is 7.96. The summed E-state index contributed by atoms with van der Waals surface area (Å²) in [5.74, 6) is 4.51. The Labute approximate surface area is 124 Å². The van der Waals surface area contributed by atoms with E-state index in [1.165, 1.54) is 0 Å². The van der Waals surface area contributed by atoms with Gasteiger partial charge in [0.25, 0.3) is 5.91 Å². The van der Waals surface area contributed by atoms with E-state index in [0.29, 0.717) is 11.1 Å². The number of amides is 1. The van der Waals surface area contributed by atoms with Gasteiger partial charge in [-0.15, -0.1) is 0 Å². The summed E-state index contributed by atoms with van der Waals surface area (Å²) in [6.45, 7) is 1.45. The van der Waals surface area contributed by atoms with Gasteiger partial charge in [-0.2, -0.15) is 13.2 Å². The van der Waals surface area contributed by atoms with Crippen LogP contribution < -0.4 is 5.32 Å². The third-order valence-corrected chi connectivity index (χ3v) is 3.19. The number of aryl methyl sites for hydroxylation is 1. The molecule has 7 heteroatoms. The fraction of sp³-hybridized carbons (Fsp3) is 0.357. The molecule has 0 aliphatic heterocycles. The van der Waals surface area contributed by atoms with Crippen LogP contribution in [0.4, 0.5) is 13.2 Å². The molecular weight excluding hydrogens is 303 g/mol. The van der Waals surface area contributed by atoms with Crippen LogP contribution in [0, 0.1) is 18.8 Å². The Morgan fingerprint density at radius 3 is 2.76 bits per heavy atom. The highest BCUT2D eigenvalue weighted by Gasteiger charge is 2.27. The number of nitrogens with one attached hydrogen (secondary N) is 1. The summed E-state index contributed by atoms with van der Waals surface area (Å²) in [5, 5.41) is 11.1. The monoisotopic (exact) mass is 317 g/mol. The molecule has 3 nitrogen and oxygen atoms in total. The number of aliphatic hydroxyl groups excluding tert-OH is 1. The number of hydrogen-bond donors (Lipinski definition) is 2. The molecule has 1 aromatic carbocycles. The molecule has 1 rings (SSSR count). The van der Waals surface area contributed by atoms with Crippen molar-refractivity contribution >= 4 is 17.7 Å². The topological polar surface area (TPSA) is 49.3 Å². The number of benzene rings is 1. The lowest BCUT2D eigenvalue weighted by Gasteiger charge is -2.08. The number of carbonyl (C=O) groups is 1. The lowest BCUT2D eigenvalue weighted by atomic mass is 10.0. The van der Waals surface area contributed by atoms with E-state index in [1.807, 2.05) is 6.92 Å². The number of halogens is 3. The normalized spacial score (nSPS) is 10.7. The molecule has 0 fully saturated rings. The van der Waals surface area contributed by atoms with Crippen LogP contribution in [-0.2, 0) is 0 Å². The summed E-state index contributed by atoms with van der Waals surface area (Å²) >= 11 is -0.177. The summed E-state index contributed by atoms with van der Waals surface area (Å²) in [4.78, 5) is 11.8. The third kappa shape index (κ3) is 6.56. The molecule has 0 aromatic heterocycles. The highest BCUT2D eigenvalue weighted by molar-refractivity contribution is 8.00. The molecule has 0 spiro atoms. The Kier molecular flexibility index (Phi) is 6.59. The standard InChI is InChI=1S/C14H14F3NO2S/c1-10-4-5-12(9-11(10)3-2-7-19)13(20)18-6-8-21-14(15,16)17/h4-5,9,19H,6-8H2,1H3,(H,18,20). The van der Waals surface area contributed by atoms with Gasteiger partial charge in [0.2, 0.25) is 0 Å². The van der Waals surface area contributed by atoms with Crippen molar-refractivity contribution in [2.75, 3.05) is 18.9 Å². The first kappa shape index (κ1) is 17.4. The Bertz CT molecular complexity index is 562. The van der Waals surface area contributed by atoms with Gasteiger partial charge in [-0.3, -0.25) is 4.79 Å². The van der Waals surface area contributed by atoms with E-state index in [1.54, 1.807) is 18.2 Å². The minimum Gasteiger partial charge on any atom is -0.384 e. The molecule has 0 aliphatic carbocycles. The second-order valence-corrected chi connectivity index (χ2v) is 5.20. The number of carbonyl (C=O) groups excluding carboxylic acids is 1. The molecular formula is C14H14F3NO2S. The number of thioether (sulfide) groups is 1. The number of aliphatic hydroxyl groups is 1. The molecule has 0 bridgehead atoms. The van der Waals surface area contributed by atoms with Gasteiger partial charge in [-0.25, -0.2) is 0 Å². The van der Waals surface area contributed by atoms with Gasteiger partial charge >= 0.3 is 5.51 Å². The Morgan fingerprint density at radius 2 is 2.14 bits per heavy atom. The predicted octanol–water partition coefficient (Wildman–Crippen LogP) is 2.32. The van der Waals surface area contributed by atoms with Crippen molar-refractivity contribution < 1.29 is 23.1 Å². The first-order chi connectivity index (χ1) is 9.83. The molecule has 1 amide bonds.